The summed E-state index contributed by atoms with van der Waals surface area (Å²) in [7, 11) is 0. The standard InChI is InChI=1S/C22H23N5O2/c1-16(28)24-19-4-2-3-17(13-19)21-14-23-15-22(26-21)25-18-5-7-20(8-6-18)27-9-11-29-12-10-27/h2-8,13-15H,9-12H2,1H3,(H,24,28)(H,25,26). The Balaban J connectivity index is 1.48. The van der Waals surface area contributed by atoms with Gasteiger partial charge < -0.3 is 20.3 Å². The monoisotopic (exact) mass is 389 g/mol. The van der Waals surface area contributed by atoms with Crippen LogP contribution >= 0.6 is 0 Å². The van der Waals surface area contributed by atoms with Gasteiger partial charge in [0.25, 0.3) is 0 Å². The zero-order valence-electron chi connectivity index (χ0n) is 16.3. The van der Waals surface area contributed by atoms with Crippen molar-refractivity contribution in [3.05, 3.63) is 60.9 Å². The summed E-state index contributed by atoms with van der Waals surface area (Å²) in [6, 6.07) is 15.8. The van der Waals surface area contributed by atoms with Crippen molar-refractivity contribution in [2.24, 2.45) is 0 Å². The van der Waals surface area contributed by atoms with Crippen molar-refractivity contribution in [3.63, 3.8) is 0 Å². The summed E-state index contributed by atoms with van der Waals surface area (Å²) < 4.78 is 5.41. The number of ether oxygens (including phenoxy) is 1. The van der Waals surface area contributed by atoms with Crippen molar-refractivity contribution in [2.45, 2.75) is 6.92 Å². The van der Waals surface area contributed by atoms with E-state index in [0.29, 0.717) is 5.82 Å². The highest BCUT2D eigenvalue weighted by Crippen LogP contribution is 2.24. The van der Waals surface area contributed by atoms with Crippen LogP contribution < -0.4 is 15.5 Å². The second kappa shape index (κ2) is 8.70. The van der Waals surface area contributed by atoms with Crippen LogP contribution in [0.4, 0.5) is 22.9 Å². The fraction of sp³-hybridized carbons (Fsp3) is 0.227. The zero-order chi connectivity index (χ0) is 20.1. The first-order valence-electron chi connectivity index (χ1n) is 9.57. The summed E-state index contributed by atoms with van der Waals surface area (Å²) in [5.74, 6) is 0.552. The van der Waals surface area contributed by atoms with Gasteiger partial charge in [-0.2, -0.15) is 0 Å². The molecule has 0 aliphatic carbocycles. The van der Waals surface area contributed by atoms with E-state index in [-0.39, 0.29) is 5.91 Å². The van der Waals surface area contributed by atoms with E-state index in [9.17, 15) is 4.79 Å². The molecule has 2 aromatic carbocycles. The first-order valence-corrected chi connectivity index (χ1v) is 9.57. The van der Waals surface area contributed by atoms with Crippen LogP contribution in [-0.2, 0) is 9.53 Å². The molecule has 0 spiro atoms. The maximum Gasteiger partial charge on any atom is 0.221 e. The van der Waals surface area contributed by atoms with E-state index < -0.39 is 0 Å². The number of carbonyl (C=O) groups is 1. The average Bonchev–Trinajstić information content (AvgIpc) is 2.75. The van der Waals surface area contributed by atoms with Gasteiger partial charge in [-0.15, -0.1) is 0 Å². The average molecular weight is 389 g/mol. The molecular formula is C22H23N5O2. The minimum absolute atomic E-state index is 0.107. The Bertz CT molecular complexity index is 985. The van der Waals surface area contributed by atoms with Gasteiger partial charge in [0.15, 0.2) is 0 Å². The summed E-state index contributed by atoms with van der Waals surface area (Å²) in [6.07, 6.45) is 3.40. The number of hydrogen-bond acceptors (Lipinski definition) is 6. The molecule has 2 N–H and O–H groups in total. The molecule has 29 heavy (non-hydrogen) atoms. The van der Waals surface area contributed by atoms with Crippen molar-refractivity contribution >= 4 is 28.8 Å². The smallest absolute Gasteiger partial charge is 0.221 e. The van der Waals surface area contributed by atoms with E-state index in [1.807, 2.05) is 36.4 Å². The molecule has 0 bridgehead atoms. The quantitative estimate of drug-likeness (QED) is 0.693. The predicted molar refractivity (Wildman–Crippen MR) is 115 cm³/mol. The number of amides is 1. The minimum atomic E-state index is -0.107. The highest BCUT2D eigenvalue weighted by Gasteiger charge is 2.11. The normalized spacial score (nSPS) is 13.8. The number of morpholine rings is 1. The molecule has 7 nitrogen and oxygen atoms in total. The van der Waals surface area contributed by atoms with E-state index in [4.69, 9.17) is 4.74 Å². The predicted octanol–water partition coefficient (Wildman–Crippen LogP) is 3.68. The summed E-state index contributed by atoms with van der Waals surface area (Å²) in [6.45, 7) is 4.86. The van der Waals surface area contributed by atoms with E-state index in [2.05, 4.69) is 37.6 Å². The van der Waals surface area contributed by atoms with Crippen LogP contribution in [0.2, 0.25) is 0 Å². The fourth-order valence-corrected chi connectivity index (χ4v) is 3.25. The van der Waals surface area contributed by atoms with E-state index in [1.165, 1.54) is 12.6 Å². The number of benzene rings is 2. The molecule has 1 amide bonds. The molecule has 0 saturated carbocycles. The minimum Gasteiger partial charge on any atom is -0.378 e. The molecule has 1 aromatic heterocycles. The fourth-order valence-electron chi connectivity index (χ4n) is 3.25. The lowest BCUT2D eigenvalue weighted by Crippen LogP contribution is -2.36. The van der Waals surface area contributed by atoms with Crippen molar-refractivity contribution < 1.29 is 9.53 Å². The van der Waals surface area contributed by atoms with Gasteiger partial charge in [0, 0.05) is 42.6 Å². The SMILES string of the molecule is CC(=O)Nc1cccc(-c2cncc(Nc3ccc(N4CCOCC4)cc3)n2)c1. The molecule has 0 atom stereocenters. The van der Waals surface area contributed by atoms with E-state index in [0.717, 1.165) is 48.9 Å². The van der Waals surface area contributed by atoms with Crippen molar-refractivity contribution in [1.82, 2.24) is 9.97 Å². The number of nitrogens with zero attached hydrogens (tertiary/aromatic N) is 3. The van der Waals surface area contributed by atoms with Crippen LogP contribution in [0.1, 0.15) is 6.92 Å². The third-order valence-electron chi connectivity index (χ3n) is 4.63. The van der Waals surface area contributed by atoms with Crippen LogP contribution in [0.15, 0.2) is 60.9 Å². The topological polar surface area (TPSA) is 79.4 Å². The summed E-state index contributed by atoms with van der Waals surface area (Å²) in [5.41, 5.74) is 4.48. The summed E-state index contributed by atoms with van der Waals surface area (Å²) >= 11 is 0. The lowest BCUT2D eigenvalue weighted by atomic mass is 10.1. The van der Waals surface area contributed by atoms with E-state index in [1.54, 1.807) is 12.4 Å². The molecule has 3 aromatic rings. The Labute approximate surface area is 169 Å². The lowest BCUT2D eigenvalue weighted by Gasteiger charge is -2.28. The van der Waals surface area contributed by atoms with E-state index >= 15 is 0 Å². The van der Waals surface area contributed by atoms with Gasteiger partial charge in [-0.3, -0.25) is 9.78 Å². The van der Waals surface area contributed by atoms with Gasteiger partial charge in [-0.25, -0.2) is 4.98 Å². The first-order chi connectivity index (χ1) is 14.2. The maximum absolute atomic E-state index is 11.3. The number of carbonyl (C=O) groups excluding carboxylic acids is 1. The first kappa shape index (κ1) is 18.9. The third kappa shape index (κ3) is 4.89. The second-order valence-electron chi connectivity index (χ2n) is 6.82. The highest BCUT2D eigenvalue weighted by molar-refractivity contribution is 5.89. The zero-order valence-corrected chi connectivity index (χ0v) is 16.3. The van der Waals surface area contributed by atoms with Crippen LogP contribution in [0, 0.1) is 0 Å². The Kier molecular flexibility index (Phi) is 5.67. The van der Waals surface area contributed by atoms with Gasteiger partial charge in [0.1, 0.15) is 5.82 Å². The molecule has 1 aliphatic rings. The number of hydrogen-bond donors (Lipinski definition) is 2. The van der Waals surface area contributed by atoms with Gasteiger partial charge in [-0.05, 0) is 36.4 Å². The third-order valence-corrected chi connectivity index (χ3v) is 4.63. The van der Waals surface area contributed by atoms with Gasteiger partial charge in [0.05, 0.1) is 31.3 Å². The molecule has 1 saturated heterocycles. The molecule has 7 heteroatoms. The van der Waals surface area contributed by atoms with Crippen molar-refractivity contribution in [3.8, 4) is 11.3 Å². The van der Waals surface area contributed by atoms with Gasteiger partial charge in [-0.1, -0.05) is 12.1 Å². The van der Waals surface area contributed by atoms with Crippen molar-refractivity contribution in [1.29, 1.82) is 0 Å². The van der Waals surface area contributed by atoms with Gasteiger partial charge in [0.2, 0.25) is 5.91 Å². The Morgan fingerprint density at radius 2 is 1.83 bits per heavy atom. The number of rotatable bonds is 5. The molecule has 2 heterocycles. The Morgan fingerprint density at radius 3 is 2.59 bits per heavy atom. The van der Waals surface area contributed by atoms with Gasteiger partial charge >= 0.3 is 0 Å². The molecule has 0 unspecified atom stereocenters. The maximum atomic E-state index is 11.3. The van der Waals surface area contributed by atoms with Crippen LogP contribution in [0.25, 0.3) is 11.3 Å². The highest BCUT2D eigenvalue weighted by atomic mass is 16.5. The Hall–Kier alpha value is -3.45. The molecule has 4 rings (SSSR count). The molecule has 1 aliphatic heterocycles. The lowest BCUT2D eigenvalue weighted by molar-refractivity contribution is -0.114. The summed E-state index contributed by atoms with van der Waals surface area (Å²) in [5, 5.41) is 6.09. The van der Waals surface area contributed by atoms with Crippen LogP contribution in [0.3, 0.4) is 0 Å². The van der Waals surface area contributed by atoms with Crippen LogP contribution in [-0.4, -0.2) is 42.2 Å². The summed E-state index contributed by atoms with van der Waals surface area (Å²) in [4.78, 5) is 22.6. The number of nitrogens with one attached hydrogen (secondary N) is 2. The number of anilines is 4. The largest absolute Gasteiger partial charge is 0.378 e. The molecule has 148 valence electrons. The van der Waals surface area contributed by atoms with Crippen LogP contribution in [0.5, 0.6) is 0 Å². The molecular weight excluding hydrogens is 366 g/mol. The molecule has 0 radical (unpaired) electrons. The Morgan fingerprint density at radius 1 is 1.03 bits per heavy atom. The number of aromatic nitrogens is 2. The second-order valence-corrected chi connectivity index (χ2v) is 6.82. The van der Waals surface area contributed by atoms with Crippen molar-refractivity contribution in [2.75, 3.05) is 41.8 Å². The molecule has 1 fully saturated rings.